The fraction of sp³-hybridized carbons (Fsp3) is 0.440. The number of anilines is 1. The first-order chi connectivity index (χ1) is 16.9. The first-order valence-electron chi connectivity index (χ1n) is 11.9. The summed E-state index contributed by atoms with van der Waals surface area (Å²) in [5.74, 6) is 0.506. The molecular formula is C25H31ClN6O3. The fourth-order valence-electron chi connectivity index (χ4n) is 4.74. The summed E-state index contributed by atoms with van der Waals surface area (Å²) in [6, 6.07) is 5.93. The van der Waals surface area contributed by atoms with E-state index in [1.165, 1.54) is 18.0 Å². The first kappa shape index (κ1) is 24.9. The van der Waals surface area contributed by atoms with Crippen molar-refractivity contribution in [3.05, 3.63) is 52.9 Å². The summed E-state index contributed by atoms with van der Waals surface area (Å²) in [6.07, 6.45) is 8.07. The maximum absolute atomic E-state index is 12.7. The largest absolute Gasteiger partial charge is 0.350 e. The normalized spacial score (nSPS) is 14.3. The molecular weight excluding hydrogens is 468 g/mol. The molecule has 4 rings (SSSR count). The summed E-state index contributed by atoms with van der Waals surface area (Å²) in [5, 5.41) is 10.6. The van der Waals surface area contributed by atoms with Crippen molar-refractivity contribution in [3.8, 4) is 0 Å². The molecule has 1 aromatic carbocycles. The van der Waals surface area contributed by atoms with Gasteiger partial charge in [-0.15, -0.1) is 0 Å². The Kier molecular flexibility index (Phi) is 7.87. The van der Waals surface area contributed by atoms with Crippen LogP contribution < -0.4 is 10.4 Å². The Bertz CT molecular complexity index is 1190. The molecule has 186 valence electrons. The third kappa shape index (κ3) is 5.74. The molecule has 3 heterocycles. The van der Waals surface area contributed by atoms with Crippen molar-refractivity contribution in [3.63, 3.8) is 0 Å². The topological polar surface area (TPSA) is 104 Å². The van der Waals surface area contributed by atoms with Crippen molar-refractivity contribution < 1.29 is 14.8 Å². The number of aromatic nitrogens is 3. The van der Waals surface area contributed by atoms with Gasteiger partial charge in [-0.05, 0) is 48.9 Å². The van der Waals surface area contributed by atoms with Crippen molar-refractivity contribution >= 4 is 40.3 Å². The number of halogens is 1. The van der Waals surface area contributed by atoms with E-state index < -0.39 is 5.91 Å². The average molecular weight is 499 g/mol. The van der Waals surface area contributed by atoms with Crippen molar-refractivity contribution in [1.29, 1.82) is 0 Å². The minimum atomic E-state index is -0.637. The lowest BCUT2D eigenvalue weighted by Crippen LogP contribution is -2.42. The van der Waals surface area contributed by atoms with Crippen LogP contribution in [0.3, 0.4) is 0 Å². The third-order valence-electron chi connectivity index (χ3n) is 6.72. The number of carbonyl (C=O) groups is 2. The van der Waals surface area contributed by atoms with Gasteiger partial charge in [0.15, 0.2) is 0 Å². The van der Waals surface area contributed by atoms with E-state index in [4.69, 9.17) is 16.8 Å². The number of hydroxylamine groups is 1. The molecule has 0 spiro atoms. The van der Waals surface area contributed by atoms with Crippen LogP contribution in [0.4, 0.5) is 5.95 Å². The van der Waals surface area contributed by atoms with Gasteiger partial charge in [0.25, 0.3) is 5.91 Å². The summed E-state index contributed by atoms with van der Waals surface area (Å²) >= 11 is 6.23. The second kappa shape index (κ2) is 11.0. The van der Waals surface area contributed by atoms with E-state index in [1.54, 1.807) is 5.48 Å². The minimum Gasteiger partial charge on any atom is -0.350 e. The highest BCUT2D eigenvalue weighted by atomic mass is 35.5. The van der Waals surface area contributed by atoms with E-state index in [0.717, 1.165) is 49.8 Å². The molecule has 0 atom stereocenters. The Labute approximate surface area is 209 Å². The molecule has 3 aromatic rings. The lowest BCUT2D eigenvalue weighted by molar-refractivity contribution is -0.131. The van der Waals surface area contributed by atoms with Crippen LogP contribution in [0, 0.1) is 5.92 Å². The van der Waals surface area contributed by atoms with Gasteiger partial charge in [-0.3, -0.25) is 14.8 Å². The maximum atomic E-state index is 12.7. The van der Waals surface area contributed by atoms with Gasteiger partial charge in [-0.1, -0.05) is 18.5 Å². The number of aryl methyl sites for hydroxylation is 1. The highest BCUT2D eigenvalue weighted by Crippen LogP contribution is 2.26. The molecule has 1 saturated heterocycles. The number of nitrogens with one attached hydrogen (secondary N) is 1. The number of amides is 2. The van der Waals surface area contributed by atoms with Gasteiger partial charge in [0.2, 0.25) is 11.9 Å². The van der Waals surface area contributed by atoms with Gasteiger partial charge >= 0.3 is 0 Å². The second-order valence-corrected chi connectivity index (χ2v) is 9.45. The van der Waals surface area contributed by atoms with Crippen molar-refractivity contribution in [2.75, 3.05) is 31.1 Å². The summed E-state index contributed by atoms with van der Waals surface area (Å²) in [4.78, 5) is 36.8. The molecule has 2 N–H and O–H groups in total. The molecule has 0 unspecified atom stereocenters. The summed E-state index contributed by atoms with van der Waals surface area (Å²) < 4.78 is 2.10. The van der Waals surface area contributed by atoms with Crippen LogP contribution in [0.5, 0.6) is 0 Å². The van der Waals surface area contributed by atoms with Crippen LogP contribution >= 0.6 is 11.6 Å². The van der Waals surface area contributed by atoms with Crippen molar-refractivity contribution in [2.24, 2.45) is 13.0 Å². The molecule has 10 heteroatoms. The van der Waals surface area contributed by atoms with Gasteiger partial charge in [0, 0.05) is 74.2 Å². The van der Waals surface area contributed by atoms with Crippen molar-refractivity contribution in [2.45, 2.75) is 32.6 Å². The SMILES string of the molecule is CCC(=O)N(CCc1cn(C)c2ccc(Cl)cc12)CC1CCN(c2ncc(C(=O)NO)cn2)CC1. The molecule has 2 amide bonds. The molecule has 0 bridgehead atoms. The van der Waals surface area contributed by atoms with E-state index in [1.807, 2.05) is 37.1 Å². The Morgan fingerprint density at radius 1 is 1.23 bits per heavy atom. The van der Waals surface area contributed by atoms with E-state index >= 15 is 0 Å². The van der Waals surface area contributed by atoms with E-state index in [-0.39, 0.29) is 11.5 Å². The minimum absolute atomic E-state index is 0.173. The number of hydrogen-bond donors (Lipinski definition) is 2. The van der Waals surface area contributed by atoms with Crippen LogP contribution in [0.25, 0.3) is 10.9 Å². The number of rotatable bonds is 8. The van der Waals surface area contributed by atoms with Crippen LogP contribution in [0.2, 0.25) is 5.02 Å². The zero-order valence-electron chi connectivity index (χ0n) is 20.1. The number of nitrogens with zero attached hydrogens (tertiary/aromatic N) is 5. The third-order valence-corrected chi connectivity index (χ3v) is 6.95. The maximum Gasteiger partial charge on any atom is 0.277 e. The number of benzene rings is 1. The second-order valence-electron chi connectivity index (χ2n) is 9.01. The number of carbonyl (C=O) groups excluding carboxylic acids is 2. The number of hydrogen-bond acceptors (Lipinski definition) is 6. The lowest BCUT2D eigenvalue weighted by Gasteiger charge is -2.35. The van der Waals surface area contributed by atoms with Crippen LogP contribution in [0.15, 0.2) is 36.8 Å². The summed E-state index contributed by atoms with van der Waals surface area (Å²) in [6.45, 7) is 4.89. The molecule has 0 saturated carbocycles. The Hall–Kier alpha value is -3.17. The average Bonchev–Trinajstić information content (AvgIpc) is 3.20. The predicted molar refractivity (Wildman–Crippen MR) is 135 cm³/mol. The van der Waals surface area contributed by atoms with Gasteiger partial charge in [-0.2, -0.15) is 0 Å². The number of fused-ring (bicyclic) bond motifs is 1. The molecule has 2 aromatic heterocycles. The van der Waals surface area contributed by atoms with Gasteiger partial charge in [-0.25, -0.2) is 15.4 Å². The summed E-state index contributed by atoms with van der Waals surface area (Å²) in [7, 11) is 2.03. The molecule has 35 heavy (non-hydrogen) atoms. The Morgan fingerprint density at radius 3 is 2.60 bits per heavy atom. The standard InChI is InChI=1S/C25H31ClN6O3/c1-3-23(33)32(11-8-18-16-30(2)22-5-4-20(26)12-21(18)22)15-17-6-9-31(10-7-17)25-27-13-19(14-28-25)24(34)29-35/h4-5,12-14,16-17,35H,3,6-11,15H2,1-2H3,(H,29,34). The fourth-order valence-corrected chi connectivity index (χ4v) is 4.91. The molecule has 0 radical (unpaired) electrons. The van der Waals surface area contributed by atoms with Gasteiger partial charge < -0.3 is 14.4 Å². The zero-order chi connectivity index (χ0) is 24.9. The predicted octanol–water partition coefficient (Wildman–Crippen LogP) is 3.44. The molecule has 1 fully saturated rings. The monoisotopic (exact) mass is 498 g/mol. The highest BCUT2D eigenvalue weighted by Gasteiger charge is 2.25. The van der Waals surface area contributed by atoms with Gasteiger partial charge in [0.05, 0.1) is 5.56 Å². The van der Waals surface area contributed by atoms with Crippen molar-refractivity contribution in [1.82, 2.24) is 24.9 Å². The van der Waals surface area contributed by atoms with Gasteiger partial charge in [0.1, 0.15) is 0 Å². The highest BCUT2D eigenvalue weighted by molar-refractivity contribution is 6.31. The Balaban J connectivity index is 1.36. The smallest absolute Gasteiger partial charge is 0.277 e. The van der Waals surface area contributed by atoms with E-state index in [9.17, 15) is 9.59 Å². The first-order valence-corrected chi connectivity index (χ1v) is 12.3. The lowest BCUT2D eigenvalue weighted by atomic mass is 9.96. The number of piperidine rings is 1. The molecule has 9 nitrogen and oxygen atoms in total. The summed E-state index contributed by atoms with van der Waals surface area (Å²) in [5.41, 5.74) is 4.12. The Morgan fingerprint density at radius 2 is 1.94 bits per heavy atom. The molecule has 1 aliphatic rings. The quantitative estimate of drug-likeness (QED) is 0.364. The van der Waals surface area contributed by atoms with Crippen LogP contribution in [-0.4, -0.2) is 62.6 Å². The van der Waals surface area contributed by atoms with E-state index in [2.05, 4.69) is 25.6 Å². The van der Waals surface area contributed by atoms with E-state index in [0.29, 0.717) is 29.9 Å². The molecule has 1 aliphatic heterocycles. The molecule has 0 aliphatic carbocycles. The van der Waals surface area contributed by atoms with Crippen LogP contribution in [0.1, 0.15) is 42.1 Å². The zero-order valence-corrected chi connectivity index (χ0v) is 20.8. The van der Waals surface area contributed by atoms with Crippen LogP contribution in [-0.2, 0) is 18.3 Å².